The van der Waals surface area contributed by atoms with Crippen LogP contribution in [-0.2, 0) is 0 Å². The van der Waals surface area contributed by atoms with Crippen LogP contribution in [0.3, 0.4) is 0 Å². The van der Waals surface area contributed by atoms with Crippen LogP contribution in [0.1, 0.15) is 5.56 Å². The summed E-state index contributed by atoms with van der Waals surface area (Å²) in [6.45, 7) is 3.36. The molecule has 0 aliphatic rings. The van der Waals surface area contributed by atoms with Crippen molar-refractivity contribution < 1.29 is 17.6 Å². The average molecular weight is 209 g/mol. The molecule has 1 aromatic carbocycles. The Balaban J connectivity index is 2.94. The van der Waals surface area contributed by atoms with Crippen LogP contribution < -0.4 is 0 Å². The molecule has 0 amide bonds. The van der Waals surface area contributed by atoms with Gasteiger partial charge in [-0.25, -0.2) is 4.39 Å². The molecule has 1 aromatic rings. The topological polar surface area (TPSA) is 0 Å². The van der Waals surface area contributed by atoms with Gasteiger partial charge in [-0.3, -0.25) is 0 Å². The second-order valence-electron chi connectivity index (χ2n) is 2.30. The first kappa shape index (κ1) is 10.4. The van der Waals surface area contributed by atoms with Gasteiger partial charge >= 0.3 is 5.51 Å². The van der Waals surface area contributed by atoms with Gasteiger partial charge < -0.3 is 0 Å². The van der Waals surface area contributed by atoms with Crippen molar-refractivity contribution in [2.24, 2.45) is 0 Å². The average Bonchev–Trinajstić information content (AvgIpc) is 1.94. The lowest BCUT2D eigenvalue weighted by Crippen LogP contribution is -2.00. The maximum atomic E-state index is 12.5. The zero-order chi connectivity index (χ0) is 10.1. The summed E-state index contributed by atoms with van der Waals surface area (Å²) < 4.78 is 48.1. The molecule has 13 heavy (non-hydrogen) atoms. The van der Waals surface area contributed by atoms with Crippen molar-refractivity contribution in [1.82, 2.24) is 0 Å². The van der Waals surface area contributed by atoms with Crippen molar-refractivity contribution in [2.75, 3.05) is 0 Å². The Hall–Kier alpha value is -0.710. The predicted molar refractivity (Wildman–Crippen MR) is 42.8 cm³/mol. The maximum absolute atomic E-state index is 12.5. The molecule has 0 bridgehead atoms. The number of alkyl halides is 3. The summed E-state index contributed by atoms with van der Waals surface area (Å²) in [4.78, 5) is -0.201. The Bertz CT molecular complexity index is 306. The van der Waals surface area contributed by atoms with Crippen molar-refractivity contribution in [3.8, 4) is 0 Å². The zero-order valence-electron chi connectivity index (χ0n) is 6.36. The summed E-state index contributed by atoms with van der Waals surface area (Å²) in [7, 11) is 0. The summed E-state index contributed by atoms with van der Waals surface area (Å²) in [5, 5.41) is 0. The fraction of sp³-hybridized carbons (Fsp3) is 0.125. The van der Waals surface area contributed by atoms with E-state index in [9.17, 15) is 17.6 Å². The van der Waals surface area contributed by atoms with Gasteiger partial charge in [0.25, 0.3) is 0 Å². The molecular formula is C8H5F4S. The molecule has 1 rings (SSSR count). The van der Waals surface area contributed by atoms with Crippen LogP contribution >= 0.6 is 11.8 Å². The molecule has 0 N–H and O–H groups in total. The SMILES string of the molecule is [CH2]c1ccc(F)cc1SC(F)(F)F. The smallest absolute Gasteiger partial charge is 0.207 e. The lowest BCUT2D eigenvalue weighted by atomic mass is 10.2. The number of benzene rings is 1. The fourth-order valence-electron chi connectivity index (χ4n) is 0.748. The summed E-state index contributed by atoms with van der Waals surface area (Å²) >= 11 is -0.361. The maximum Gasteiger partial charge on any atom is 0.446 e. The summed E-state index contributed by atoms with van der Waals surface area (Å²) in [5.74, 6) is -0.695. The minimum atomic E-state index is -4.40. The lowest BCUT2D eigenvalue weighted by Gasteiger charge is -2.07. The lowest BCUT2D eigenvalue weighted by molar-refractivity contribution is -0.0328. The van der Waals surface area contributed by atoms with Crippen LogP contribution in [0.2, 0.25) is 0 Å². The largest absolute Gasteiger partial charge is 0.446 e. The zero-order valence-corrected chi connectivity index (χ0v) is 7.18. The third-order valence-electron chi connectivity index (χ3n) is 1.25. The van der Waals surface area contributed by atoms with Crippen LogP contribution in [0.15, 0.2) is 23.1 Å². The van der Waals surface area contributed by atoms with Gasteiger partial charge in [-0.1, -0.05) is 6.07 Å². The van der Waals surface area contributed by atoms with Gasteiger partial charge in [0, 0.05) is 4.90 Å². The quantitative estimate of drug-likeness (QED) is 0.502. The molecule has 0 unspecified atom stereocenters. The van der Waals surface area contributed by atoms with Gasteiger partial charge in [0.2, 0.25) is 0 Å². The number of halogens is 4. The van der Waals surface area contributed by atoms with Crippen LogP contribution in [-0.4, -0.2) is 5.51 Å². The molecule has 0 heterocycles. The monoisotopic (exact) mass is 209 g/mol. The molecule has 5 heteroatoms. The fourth-order valence-corrected chi connectivity index (χ4v) is 1.37. The Morgan fingerprint density at radius 1 is 1.23 bits per heavy atom. The van der Waals surface area contributed by atoms with Crippen LogP contribution in [0.5, 0.6) is 0 Å². The molecule has 0 saturated carbocycles. The molecule has 0 aliphatic heterocycles. The first-order valence-electron chi connectivity index (χ1n) is 3.26. The van der Waals surface area contributed by atoms with E-state index in [1.54, 1.807) is 0 Å². The first-order valence-corrected chi connectivity index (χ1v) is 4.07. The van der Waals surface area contributed by atoms with E-state index in [0.717, 1.165) is 12.1 Å². The standard InChI is InChI=1S/C8H5F4S/c1-5-2-3-6(9)4-7(5)13-8(10,11)12/h2-4H,1H2. The Morgan fingerprint density at radius 2 is 1.85 bits per heavy atom. The van der Waals surface area contributed by atoms with Crippen molar-refractivity contribution in [2.45, 2.75) is 10.4 Å². The number of hydrogen-bond acceptors (Lipinski definition) is 1. The minimum absolute atomic E-state index is 0.170. The van der Waals surface area contributed by atoms with E-state index in [-0.39, 0.29) is 22.2 Å². The molecule has 1 radical (unpaired) electrons. The van der Waals surface area contributed by atoms with Gasteiger partial charge in [0.15, 0.2) is 0 Å². The molecule has 0 nitrogen and oxygen atoms in total. The van der Waals surface area contributed by atoms with E-state index in [1.165, 1.54) is 6.07 Å². The summed E-state index contributed by atoms with van der Waals surface area (Å²) in [5.41, 5.74) is -4.23. The third kappa shape index (κ3) is 3.26. The Kier molecular flexibility index (Phi) is 2.85. The van der Waals surface area contributed by atoms with Gasteiger partial charge in [-0.15, -0.1) is 0 Å². The van der Waals surface area contributed by atoms with Crippen molar-refractivity contribution >= 4 is 11.8 Å². The second-order valence-corrected chi connectivity index (χ2v) is 3.41. The summed E-state index contributed by atoms with van der Waals surface area (Å²) in [6, 6.07) is 3.10. The normalized spacial score (nSPS) is 11.8. The van der Waals surface area contributed by atoms with Crippen LogP contribution in [0, 0.1) is 12.7 Å². The van der Waals surface area contributed by atoms with Crippen molar-refractivity contribution in [3.05, 3.63) is 36.5 Å². The molecule has 0 fully saturated rings. The molecule has 0 aliphatic carbocycles. The van der Waals surface area contributed by atoms with Crippen LogP contribution in [0.4, 0.5) is 17.6 Å². The van der Waals surface area contributed by atoms with Crippen molar-refractivity contribution in [3.63, 3.8) is 0 Å². The summed E-state index contributed by atoms with van der Waals surface area (Å²) in [6.07, 6.45) is 0. The molecule has 0 atom stereocenters. The van der Waals surface area contributed by atoms with Gasteiger partial charge in [-0.2, -0.15) is 13.2 Å². The molecule has 0 saturated heterocycles. The van der Waals surface area contributed by atoms with Gasteiger partial charge in [0.05, 0.1) is 0 Å². The molecular weight excluding hydrogens is 204 g/mol. The van der Waals surface area contributed by atoms with Crippen LogP contribution in [0.25, 0.3) is 0 Å². The highest BCUT2D eigenvalue weighted by Gasteiger charge is 2.30. The Morgan fingerprint density at radius 3 is 2.38 bits per heavy atom. The second kappa shape index (κ2) is 3.57. The predicted octanol–water partition coefficient (Wildman–Crippen LogP) is 3.62. The van der Waals surface area contributed by atoms with E-state index in [1.807, 2.05) is 0 Å². The molecule has 0 aromatic heterocycles. The number of rotatable bonds is 1. The van der Waals surface area contributed by atoms with Gasteiger partial charge in [-0.05, 0) is 36.4 Å². The first-order chi connectivity index (χ1) is 5.88. The van der Waals surface area contributed by atoms with E-state index in [4.69, 9.17) is 0 Å². The van der Waals surface area contributed by atoms with E-state index in [2.05, 4.69) is 6.92 Å². The third-order valence-corrected chi connectivity index (χ3v) is 2.09. The van der Waals surface area contributed by atoms with E-state index >= 15 is 0 Å². The molecule has 0 spiro atoms. The van der Waals surface area contributed by atoms with Gasteiger partial charge in [0.1, 0.15) is 5.82 Å². The highest BCUT2D eigenvalue weighted by Crippen LogP contribution is 2.38. The Labute approximate surface area is 76.9 Å². The van der Waals surface area contributed by atoms with E-state index in [0.29, 0.717) is 0 Å². The number of hydrogen-bond donors (Lipinski definition) is 0. The highest BCUT2D eigenvalue weighted by molar-refractivity contribution is 8.00. The highest BCUT2D eigenvalue weighted by atomic mass is 32.2. The van der Waals surface area contributed by atoms with E-state index < -0.39 is 11.3 Å². The number of thioether (sulfide) groups is 1. The van der Waals surface area contributed by atoms with Crippen molar-refractivity contribution in [1.29, 1.82) is 0 Å². The molecule has 71 valence electrons. The minimum Gasteiger partial charge on any atom is -0.207 e.